The molecule has 3 aromatic rings. The van der Waals surface area contributed by atoms with Gasteiger partial charge in [-0.25, -0.2) is 4.68 Å². The zero-order valence-electron chi connectivity index (χ0n) is 19.6. The minimum absolute atomic E-state index is 0.0356. The van der Waals surface area contributed by atoms with Crippen molar-refractivity contribution in [2.24, 2.45) is 0 Å². The number of piperidine rings is 1. The van der Waals surface area contributed by atoms with Crippen LogP contribution >= 0.6 is 11.6 Å². The lowest BCUT2D eigenvalue weighted by atomic mass is 10.0. The lowest BCUT2D eigenvalue weighted by Gasteiger charge is -2.26. The number of rotatable bonds is 8. The summed E-state index contributed by atoms with van der Waals surface area (Å²) in [6.45, 7) is 7.49. The zero-order valence-corrected chi connectivity index (χ0v) is 20.3. The Morgan fingerprint density at radius 1 is 1.09 bits per heavy atom. The number of nitrogens with zero attached hydrogens (tertiary/aromatic N) is 3. The molecule has 0 bridgehead atoms. The van der Waals surface area contributed by atoms with E-state index in [1.807, 2.05) is 49.0 Å². The summed E-state index contributed by atoms with van der Waals surface area (Å²) in [6, 6.07) is 16.4. The first-order valence-electron chi connectivity index (χ1n) is 11.9. The molecular formula is C27H33ClN4O. The molecular weight excluding hydrogens is 432 g/mol. The summed E-state index contributed by atoms with van der Waals surface area (Å²) in [5.41, 5.74) is 4.94. The van der Waals surface area contributed by atoms with Crippen molar-refractivity contribution in [3.63, 3.8) is 0 Å². The quantitative estimate of drug-likeness (QED) is 0.493. The molecule has 1 saturated heterocycles. The van der Waals surface area contributed by atoms with Crippen LogP contribution in [-0.4, -0.2) is 46.3 Å². The van der Waals surface area contributed by atoms with E-state index in [1.54, 1.807) is 0 Å². The van der Waals surface area contributed by atoms with Gasteiger partial charge >= 0.3 is 0 Å². The lowest BCUT2D eigenvalue weighted by molar-refractivity contribution is -0.120. The molecule has 1 N–H and O–H groups in total. The molecule has 0 saturated carbocycles. The molecule has 1 amide bonds. The van der Waals surface area contributed by atoms with Gasteiger partial charge in [0.1, 0.15) is 0 Å². The number of halogens is 1. The number of hydrogen-bond donors (Lipinski definition) is 1. The van der Waals surface area contributed by atoms with Crippen molar-refractivity contribution in [3.8, 4) is 16.8 Å². The van der Waals surface area contributed by atoms with Gasteiger partial charge in [-0.15, -0.1) is 0 Å². The van der Waals surface area contributed by atoms with Gasteiger partial charge in [-0.3, -0.25) is 4.79 Å². The Kier molecular flexibility index (Phi) is 7.84. The fraction of sp³-hybridized carbons (Fsp3) is 0.407. The molecule has 1 aliphatic heterocycles. The fourth-order valence-corrected chi connectivity index (χ4v) is 4.57. The van der Waals surface area contributed by atoms with Gasteiger partial charge in [0.2, 0.25) is 5.91 Å². The van der Waals surface area contributed by atoms with E-state index in [0.717, 1.165) is 35.5 Å². The number of aromatic nitrogens is 2. The third kappa shape index (κ3) is 6.46. The molecule has 2 heterocycles. The van der Waals surface area contributed by atoms with Crippen LogP contribution in [0.3, 0.4) is 0 Å². The number of benzene rings is 2. The van der Waals surface area contributed by atoms with Crippen molar-refractivity contribution in [1.82, 2.24) is 20.0 Å². The SMILES string of the molecule is CC(C)NC(=O)Cc1nn(-c2ccc(CCN3CCCCC3)cc2)cc1-c1cccc(Cl)c1. The number of likely N-dealkylation sites (tertiary alicyclic amines) is 1. The maximum absolute atomic E-state index is 12.5. The zero-order chi connectivity index (χ0) is 23.2. The number of hydrogen-bond acceptors (Lipinski definition) is 3. The summed E-state index contributed by atoms with van der Waals surface area (Å²) in [6.07, 6.45) is 7.30. The molecule has 0 unspecified atom stereocenters. The van der Waals surface area contributed by atoms with Gasteiger partial charge in [0.05, 0.1) is 17.8 Å². The predicted octanol–water partition coefficient (Wildman–Crippen LogP) is 5.29. The second kappa shape index (κ2) is 11.0. The first kappa shape index (κ1) is 23.5. The highest BCUT2D eigenvalue weighted by molar-refractivity contribution is 6.30. The van der Waals surface area contributed by atoms with Gasteiger partial charge in [-0.2, -0.15) is 5.10 Å². The van der Waals surface area contributed by atoms with Crippen LogP contribution in [0.4, 0.5) is 0 Å². The van der Waals surface area contributed by atoms with Crippen LogP contribution in [0, 0.1) is 0 Å². The third-order valence-electron chi connectivity index (χ3n) is 6.07. The van der Waals surface area contributed by atoms with Gasteiger partial charge in [0, 0.05) is 29.4 Å². The lowest BCUT2D eigenvalue weighted by Crippen LogP contribution is -2.31. The maximum atomic E-state index is 12.5. The minimum Gasteiger partial charge on any atom is -0.354 e. The molecule has 174 valence electrons. The Labute approximate surface area is 201 Å². The normalized spacial score (nSPS) is 14.5. The van der Waals surface area contributed by atoms with Gasteiger partial charge in [0.25, 0.3) is 0 Å². The number of carbonyl (C=O) groups is 1. The molecule has 4 rings (SSSR count). The van der Waals surface area contributed by atoms with Gasteiger partial charge in [0.15, 0.2) is 0 Å². The monoisotopic (exact) mass is 464 g/mol. The highest BCUT2D eigenvalue weighted by Gasteiger charge is 2.16. The van der Waals surface area contributed by atoms with Gasteiger partial charge in [-0.1, -0.05) is 42.3 Å². The first-order valence-corrected chi connectivity index (χ1v) is 12.3. The standard InChI is InChI=1S/C27H33ClN4O/c1-20(2)29-27(33)18-26-25(22-7-6-8-23(28)17-22)19-32(30-26)24-11-9-21(10-12-24)13-16-31-14-4-3-5-15-31/h6-12,17,19-20H,3-5,13-16,18H2,1-2H3,(H,29,33). The molecule has 0 aliphatic carbocycles. The van der Waals surface area contributed by atoms with E-state index in [9.17, 15) is 4.79 Å². The highest BCUT2D eigenvalue weighted by Crippen LogP contribution is 2.27. The average Bonchev–Trinajstić information content (AvgIpc) is 3.22. The Balaban J connectivity index is 1.54. The maximum Gasteiger partial charge on any atom is 0.226 e. The van der Waals surface area contributed by atoms with E-state index < -0.39 is 0 Å². The molecule has 0 atom stereocenters. The summed E-state index contributed by atoms with van der Waals surface area (Å²) >= 11 is 6.24. The number of amides is 1. The van der Waals surface area contributed by atoms with Crippen LogP contribution in [0.5, 0.6) is 0 Å². The van der Waals surface area contributed by atoms with Crippen molar-refractivity contribution in [1.29, 1.82) is 0 Å². The molecule has 0 radical (unpaired) electrons. The van der Waals surface area contributed by atoms with Crippen LogP contribution in [0.2, 0.25) is 5.02 Å². The van der Waals surface area contributed by atoms with Crippen molar-refractivity contribution < 1.29 is 4.79 Å². The van der Waals surface area contributed by atoms with Crippen molar-refractivity contribution >= 4 is 17.5 Å². The van der Waals surface area contributed by atoms with Crippen LogP contribution < -0.4 is 5.32 Å². The average molecular weight is 465 g/mol. The van der Waals surface area contributed by atoms with E-state index in [1.165, 1.54) is 37.9 Å². The summed E-state index contributed by atoms with van der Waals surface area (Å²) in [5.74, 6) is -0.0356. The van der Waals surface area contributed by atoms with E-state index in [2.05, 4.69) is 34.5 Å². The summed E-state index contributed by atoms with van der Waals surface area (Å²) in [4.78, 5) is 15.0. The van der Waals surface area contributed by atoms with E-state index >= 15 is 0 Å². The first-order chi connectivity index (χ1) is 16.0. The van der Waals surface area contributed by atoms with Crippen LogP contribution in [-0.2, 0) is 17.6 Å². The fourth-order valence-electron chi connectivity index (χ4n) is 4.38. The molecule has 1 fully saturated rings. The molecule has 5 nitrogen and oxygen atoms in total. The smallest absolute Gasteiger partial charge is 0.226 e. The Morgan fingerprint density at radius 3 is 2.55 bits per heavy atom. The van der Waals surface area contributed by atoms with Crippen LogP contribution in [0.15, 0.2) is 54.7 Å². The second-order valence-corrected chi connectivity index (χ2v) is 9.60. The predicted molar refractivity (Wildman–Crippen MR) is 135 cm³/mol. The third-order valence-corrected chi connectivity index (χ3v) is 6.31. The Hall–Kier alpha value is -2.63. The summed E-state index contributed by atoms with van der Waals surface area (Å²) in [7, 11) is 0. The minimum atomic E-state index is -0.0356. The molecule has 1 aromatic heterocycles. The molecule has 6 heteroatoms. The van der Waals surface area contributed by atoms with Crippen LogP contribution in [0.1, 0.15) is 44.4 Å². The van der Waals surface area contributed by atoms with Crippen molar-refractivity contribution in [3.05, 3.63) is 71.0 Å². The second-order valence-electron chi connectivity index (χ2n) is 9.16. The van der Waals surface area contributed by atoms with E-state index in [0.29, 0.717) is 5.02 Å². The Morgan fingerprint density at radius 2 is 1.85 bits per heavy atom. The van der Waals surface area contributed by atoms with Crippen molar-refractivity contribution in [2.75, 3.05) is 19.6 Å². The number of nitrogens with one attached hydrogen (secondary N) is 1. The molecule has 33 heavy (non-hydrogen) atoms. The van der Waals surface area contributed by atoms with E-state index in [-0.39, 0.29) is 18.4 Å². The molecule has 2 aromatic carbocycles. The Bertz CT molecular complexity index is 1070. The highest BCUT2D eigenvalue weighted by atomic mass is 35.5. The van der Waals surface area contributed by atoms with Crippen LogP contribution in [0.25, 0.3) is 16.8 Å². The summed E-state index contributed by atoms with van der Waals surface area (Å²) in [5, 5.41) is 8.41. The van der Waals surface area contributed by atoms with Crippen molar-refractivity contribution in [2.45, 2.75) is 52.0 Å². The molecule has 1 aliphatic rings. The largest absolute Gasteiger partial charge is 0.354 e. The van der Waals surface area contributed by atoms with Gasteiger partial charge < -0.3 is 10.2 Å². The van der Waals surface area contributed by atoms with E-state index in [4.69, 9.17) is 16.7 Å². The summed E-state index contributed by atoms with van der Waals surface area (Å²) < 4.78 is 1.86. The van der Waals surface area contributed by atoms with Gasteiger partial charge in [-0.05, 0) is 81.6 Å². The topological polar surface area (TPSA) is 50.2 Å². The molecule has 0 spiro atoms. The number of carbonyl (C=O) groups excluding carboxylic acids is 1.